The molecule has 0 bridgehead atoms. The van der Waals surface area contributed by atoms with Crippen molar-refractivity contribution < 1.29 is 14.6 Å². The first-order chi connectivity index (χ1) is 8.86. The Hall–Kier alpha value is -1.06. The van der Waals surface area contributed by atoms with Gasteiger partial charge in [-0.25, -0.2) is 0 Å². The molecule has 0 aromatic heterocycles. The Morgan fingerprint density at radius 3 is 2.28 bits per heavy atom. The number of methoxy groups -OCH3 is 1. The Balaban J connectivity index is 2.00. The molecule has 0 saturated heterocycles. The van der Waals surface area contributed by atoms with Gasteiger partial charge in [-0.2, -0.15) is 0 Å². The van der Waals surface area contributed by atoms with E-state index in [1.807, 2.05) is 24.3 Å². The van der Waals surface area contributed by atoms with E-state index in [2.05, 4.69) is 0 Å². The maximum atomic E-state index is 8.64. The lowest BCUT2D eigenvalue weighted by atomic mass is 10.1. The zero-order chi connectivity index (χ0) is 13.1. The van der Waals surface area contributed by atoms with E-state index in [0.29, 0.717) is 13.2 Å². The Kier molecular flexibility index (Phi) is 8.26. The Bertz CT molecular complexity index is 295. The Morgan fingerprint density at radius 2 is 1.61 bits per heavy atom. The number of benzene rings is 1. The molecule has 0 aliphatic rings. The van der Waals surface area contributed by atoms with Crippen LogP contribution in [0.15, 0.2) is 24.3 Å². The molecule has 1 N–H and O–H groups in total. The lowest BCUT2D eigenvalue weighted by Crippen LogP contribution is -1.96. The number of hydrogen-bond acceptors (Lipinski definition) is 3. The summed E-state index contributed by atoms with van der Waals surface area (Å²) in [6.45, 7) is 1.79. The second kappa shape index (κ2) is 9.92. The van der Waals surface area contributed by atoms with E-state index < -0.39 is 0 Å². The maximum absolute atomic E-state index is 8.64. The van der Waals surface area contributed by atoms with Crippen LogP contribution in [0.3, 0.4) is 0 Å². The summed E-state index contributed by atoms with van der Waals surface area (Å²) in [6, 6.07) is 7.96. The molecule has 0 unspecified atom stereocenters. The van der Waals surface area contributed by atoms with Crippen molar-refractivity contribution in [1.82, 2.24) is 0 Å². The van der Waals surface area contributed by atoms with Crippen molar-refractivity contribution in [1.29, 1.82) is 0 Å². The smallest absolute Gasteiger partial charge is 0.118 e. The molecule has 3 heteroatoms. The number of rotatable bonds is 10. The van der Waals surface area contributed by atoms with Crippen molar-refractivity contribution in [3.05, 3.63) is 29.8 Å². The highest BCUT2D eigenvalue weighted by molar-refractivity contribution is 5.26. The minimum atomic E-state index is 0.313. The van der Waals surface area contributed by atoms with Crippen LogP contribution in [0.1, 0.15) is 37.7 Å². The highest BCUT2D eigenvalue weighted by atomic mass is 16.5. The van der Waals surface area contributed by atoms with Crippen LogP contribution in [0, 0.1) is 0 Å². The van der Waals surface area contributed by atoms with Gasteiger partial charge in [0, 0.05) is 13.2 Å². The van der Waals surface area contributed by atoms with Gasteiger partial charge in [-0.05, 0) is 30.5 Å². The van der Waals surface area contributed by atoms with E-state index in [-0.39, 0.29) is 0 Å². The molecule has 102 valence electrons. The normalized spacial score (nSPS) is 10.6. The Labute approximate surface area is 110 Å². The van der Waals surface area contributed by atoms with Crippen LogP contribution in [-0.4, -0.2) is 25.4 Å². The van der Waals surface area contributed by atoms with Crippen molar-refractivity contribution >= 4 is 0 Å². The highest BCUT2D eigenvalue weighted by Crippen LogP contribution is 2.12. The zero-order valence-electron chi connectivity index (χ0n) is 11.2. The van der Waals surface area contributed by atoms with Crippen LogP contribution in [0.5, 0.6) is 5.75 Å². The summed E-state index contributed by atoms with van der Waals surface area (Å²) in [5.74, 6) is 0.877. The predicted molar refractivity (Wildman–Crippen MR) is 72.8 cm³/mol. The van der Waals surface area contributed by atoms with Crippen molar-refractivity contribution in [2.45, 2.75) is 38.7 Å². The molecule has 0 fully saturated rings. The monoisotopic (exact) mass is 252 g/mol. The van der Waals surface area contributed by atoms with Gasteiger partial charge in [0.25, 0.3) is 0 Å². The average Bonchev–Trinajstić information content (AvgIpc) is 2.42. The second-order valence-corrected chi connectivity index (χ2v) is 4.39. The molecule has 1 aromatic rings. The molecular formula is C15H24O3. The lowest BCUT2D eigenvalue weighted by molar-refractivity contribution is 0.116. The molecule has 0 aliphatic heterocycles. The summed E-state index contributed by atoms with van der Waals surface area (Å²) in [4.78, 5) is 0. The van der Waals surface area contributed by atoms with Crippen molar-refractivity contribution in [3.63, 3.8) is 0 Å². The van der Waals surface area contributed by atoms with Gasteiger partial charge in [-0.1, -0.05) is 31.4 Å². The summed E-state index contributed by atoms with van der Waals surface area (Å²) in [7, 11) is 1.67. The molecule has 0 spiro atoms. The van der Waals surface area contributed by atoms with E-state index in [9.17, 15) is 0 Å². The molecule has 0 aliphatic carbocycles. The summed E-state index contributed by atoms with van der Waals surface area (Å²) in [6.07, 6.45) is 5.51. The summed E-state index contributed by atoms with van der Waals surface area (Å²) in [5, 5.41) is 8.64. The van der Waals surface area contributed by atoms with E-state index in [1.165, 1.54) is 18.4 Å². The molecule has 0 radical (unpaired) electrons. The fourth-order valence-corrected chi connectivity index (χ4v) is 1.76. The number of ether oxygens (including phenoxy) is 2. The van der Waals surface area contributed by atoms with Gasteiger partial charge >= 0.3 is 0 Å². The number of aliphatic hydroxyl groups is 1. The van der Waals surface area contributed by atoms with E-state index in [1.54, 1.807) is 7.11 Å². The quantitative estimate of drug-likeness (QED) is 0.650. The first-order valence-corrected chi connectivity index (χ1v) is 6.68. The van der Waals surface area contributed by atoms with Crippen LogP contribution in [0.25, 0.3) is 0 Å². The topological polar surface area (TPSA) is 38.7 Å². The number of aliphatic hydroxyl groups excluding tert-OH is 1. The van der Waals surface area contributed by atoms with E-state index >= 15 is 0 Å². The molecule has 0 amide bonds. The molecule has 1 rings (SSSR count). The Morgan fingerprint density at radius 1 is 0.944 bits per heavy atom. The van der Waals surface area contributed by atoms with Gasteiger partial charge in [-0.3, -0.25) is 0 Å². The molecule has 1 aromatic carbocycles. The standard InChI is InChI=1S/C15H24O3/c1-17-15-9-7-14(8-10-15)13-18-12-6-4-2-3-5-11-16/h7-10,16H,2-6,11-13H2,1H3. The van der Waals surface area contributed by atoms with Crippen LogP contribution in [0.2, 0.25) is 0 Å². The number of unbranched alkanes of at least 4 members (excludes halogenated alkanes) is 4. The minimum Gasteiger partial charge on any atom is -0.497 e. The predicted octanol–water partition coefficient (Wildman–Crippen LogP) is 3.15. The molecule has 0 heterocycles. The SMILES string of the molecule is COc1ccc(COCCCCCCCO)cc1. The van der Waals surface area contributed by atoms with Crippen LogP contribution < -0.4 is 4.74 Å². The van der Waals surface area contributed by atoms with E-state index in [0.717, 1.165) is 31.6 Å². The molecule has 18 heavy (non-hydrogen) atoms. The summed E-state index contributed by atoms with van der Waals surface area (Å²) in [5.41, 5.74) is 1.18. The van der Waals surface area contributed by atoms with Gasteiger partial charge in [0.1, 0.15) is 5.75 Å². The third-order valence-electron chi connectivity index (χ3n) is 2.87. The molecule has 0 saturated carbocycles. The average molecular weight is 252 g/mol. The minimum absolute atomic E-state index is 0.313. The zero-order valence-corrected chi connectivity index (χ0v) is 11.2. The fourth-order valence-electron chi connectivity index (χ4n) is 1.76. The van der Waals surface area contributed by atoms with Crippen molar-refractivity contribution in [2.24, 2.45) is 0 Å². The highest BCUT2D eigenvalue weighted by Gasteiger charge is 1.95. The molecule has 0 atom stereocenters. The van der Waals surface area contributed by atoms with Crippen molar-refractivity contribution in [3.8, 4) is 5.75 Å². The van der Waals surface area contributed by atoms with Gasteiger partial charge < -0.3 is 14.6 Å². The summed E-state index contributed by atoms with van der Waals surface area (Å²) >= 11 is 0. The van der Waals surface area contributed by atoms with E-state index in [4.69, 9.17) is 14.6 Å². The first kappa shape index (κ1) is 15.0. The van der Waals surface area contributed by atoms with Crippen LogP contribution in [-0.2, 0) is 11.3 Å². The first-order valence-electron chi connectivity index (χ1n) is 6.68. The third kappa shape index (κ3) is 6.62. The second-order valence-electron chi connectivity index (χ2n) is 4.39. The number of hydrogen-bond donors (Lipinski definition) is 1. The van der Waals surface area contributed by atoms with Gasteiger partial charge in [-0.15, -0.1) is 0 Å². The summed E-state index contributed by atoms with van der Waals surface area (Å²) < 4.78 is 10.7. The largest absolute Gasteiger partial charge is 0.497 e. The third-order valence-corrected chi connectivity index (χ3v) is 2.87. The van der Waals surface area contributed by atoms with Crippen LogP contribution >= 0.6 is 0 Å². The van der Waals surface area contributed by atoms with Gasteiger partial charge in [0.2, 0.25) is 0 Å². The van der Waals surface area contributed by atoms with Gasteiger partial charge in [0.15, 0.2) is 0 Å². The lowest BCUT2D eigenvalue weighted by Gasteiger charge is -2.05. The van der Waals surface area contributed by atoms with Gasteiger partial charge in [0.05, 0.1) is 13.7 Å². The molecule has 3 nitrogen and oxygen atoms in total. The van der Waals surface area contributed by atoms with Crippen molar-refractivity contribution in [2.75, 3.05) is 20.3 Å². The molecular weight excluding hydrogens is 228 g/mol. The maximum Gasteiger partial charge on any atom is 0.118 e. The van der Waals surface area contributed by atoms with Crippen LogP contribution in [0.4, 0.5) is 0 Å². The fraction of sp³-hybridized carbons (Fsp3) is 0.600.